The van der Waals surface area contributed by atoms with Gasteiger partial charge in [-0.25, -0.2) is 0 Å². The zero-order valence-electron chi connectivity index (χ0n) is 10.4. The summed E-state index contributed by atoms with van der Waals surface area (Å²) in [6, 6.07) is 7.43. The van der Waals surface area contributed by atoms with Crippen LogP contribution >= 0.6 is 0 Å². The van der Waals surface area contributed by atoms with Crippen LogP contribution in [-0.2, 0) is 11.4 Å². The number of anilines is 1. The number of carbonyl (C=O) groups excluding carboxylic acids is 1. The van der Waals surface area contributed by atoms with Crippen LogP contribution in [0, 0.1) is 17.8 Å². The van der Waals surface area contributed by atoms with Crippen molar-refractivity contribution in [1.82, 2.24) is 0 Å². The minimum absolute atomic E-state index is 0.0123. The monoisotopic (exact) mass is 245 g/mol. The number of hydrogen-bond acceptors (Lipinski definition) is 2. The van der Waals surface area contributed by atoms with Crippen LogP contribution in [-0.4, -0.2) is 11.0 Å². The Hall–Kier alpha value is -1.35. The van der Waals surface area contributed by atoms with E-state index in [4.69, 9.17) is 5.11 Å². The van der Waals surface area contributed by atoms with Gasteiger partial charge in [0.25, 0.3) is 0 Å². The molecule has 2 fully saturated rings. The van der Waals surface area contributed by atoms with E-state index >= 15 is 0 Å². The molecule has 1 amide bonds. The summed E-state index contributed by atoms with van der Waals surface area (Å²) in [7, 11) is 0. The maximum Gasteiger partial charge on any atom is 0.228 e. The van der Waals surface area contributed by atoms with Gasteiger partial charge in [-0.05, 0) is 42.4 Å². The Kier molecular flexibility index (Phi) is 3.08. The van der Waals surface area contributed by atoms with E-state index in [0.29, 0.717) is 11.8 Å². The zero-order valence-corrected chi connectivity index (χ0v) is 10.4. The summed E-state index contributed by atoms with van der Waals surface area (Å²) in [5, 5.41) is 12.1. The molecule has 1 aromatic carbocycles. The van der Waals surface area contributed by atoms with E-state index in [1.54, 1.807) is 0 Å². The van der Waals surface area contributed by atoms with Crippen molar-refractivity contribution in [2.75, 3.05) is 5.32 Å². The lowest BCUT2D eigenvalue weighted by atomic mass is 10.0. The van der Waals surface area contributed by atoms with Gasteiger partial charge in [-0.1, -0.05) is 25.0 Å². The molecule has 0 bridgehead atoms. The van der Waals surface area contributed by atoms with Crippen LogP contribution in [0.4, 0.5) is 5.69 Å². The third kappa shape index (κ3) is 2.15. The van der Waals surface area contributed by atoms with Crippen molar-refractivity contribution in [3.8, 4) is 0 Å². The van der Waals surface area contributed by atoms with Crippen molar-refractivity contribution in [3.63, 3.8) is 0 Å². The molecule has 0 spiro atoms. The molecule has 2 N–H and O–H groups in total. The molecule has 2 aliphatic carbocycles. The van der Waals surface area contributed by atoms with Crippen molar-refractivity contribution in [1.29, 1.82) is 0 Å². The predicted octanol–water partition coefficient (Wildman–Crippen LogP) is 2.55. The Bertz CT molecular complexity index is 446. The lowest BCUT2D eigenvalue weighted by molar-refractivity contribution is -0.117. The Balaban J connectivity index is 1.64. The SMILES string of the molecule is O=C(Nc1cccc(CO)c1)C1C2CCCCC21. The number of aliphatic hydroxyl groups excluding tert-OH is 1. The molecule has 0 aliphatic heterocycles. The standard InChI is InChI=1S/C15H19NO2/c17-9-10-4-3-5-11(8-10)16-15(18)14-12-6-1-2-7-13(12)14/h3-5,8,12-14,17H,1-2,6-7,9H2,(H,16,18). The average molecular weight is 245 g/mol. The van der Waals surface area contributed by atoms with Gasteiger partial charge in [-0.15, -0.1) is 0 Å². The minimum atomic E-state index is 0.0123. The van der Waals surface area contributed by atoms with Crippen LogP contribution in [0.1, 0.15) is 31.2 Å². The van der Waals surface area contributed by atoms with Gasteiger partial charge in [0.1, 0.15) is 0 Å². The van der Waals surface area contributed by atoms with Crippen molar-refractivity contribution >= 4 is 11.6 Å². The lowest BCUT2D eigenvalue weighted by Crippen LogP contribution is -2.15. The molecule has 2 unspecified atom stereocenters. The number of hydrogen-bond donors (Lipinski definition) is 2. The maximum absolute atomic E-state index is 12.2. The number of benzene rings is 1. The van der Waals surface area contributed by atoms with Crippen LogP contribution in [0.15, 0.2) is 24.3 Å². The van der Waals surface area contributed by atoms with Crippen LogP contribution in [0.25, 0.3) is 0 Å². The molecule has 18 heavy (non-hydrogen) atoms. The Morgan fingerprint density at radius 1 is 1.28 bits per heavy atom. The molecule has 1 aromatic rings. The van der Waals surface area contributed by atoms with Crippen molar-refractivity contribution in [2.24, 2.45) is 17.8 Å². The first-order valence-corrected chi connectivity index (χ1v) is 6.80. The fraction of sp³-hybridized carbons (Fsp3) is 0.533. The first-order chi connectivity index (χ1) is 8.79. The van der Waals surface area contributed by atoms with Gasteiger partial charge in [0.05, 0.1) is 6.61 Å². The van der Waals surface area contributed by atoms with E-state index in [1.807, 2.05) is 24.3 Å². The highest BCUT2D eigenvalue weighted by Gasteiger charge is 2.54. The van der Waals surface area contributed by atoms with Crippen LogP contribution in [0.2, 0.25) is 0 Å². The first-order valence-electron chi connectivity index (χ1n) is 6.80. The molecule has 3 heteroatoms. The zero-order chi connectivity index (χ0) is 12.5. The molecule has 2 atom stereocenters. The Labute approximate surface area is 107 Å². The quantitative estimate of drug-likeness (QED) is 0.859. The molecule has 0 radical (unpaired) electrons. The van der Waals surface area contributed by atoms with Crippen molar-refractivity contribution in [3.05, 3.63) is 29.8 Å². The van der Waals surface area contributed by atoms with Gasteiger partial charge in [0.15, 0.2) is 0 Å². The summed E-state index contributed by atoms with van der Waals surface area (Å²) in [5.41, 5.74) is 1.64. The predicted molar refractivity (Wildman–Crippen MR) is 69.9 cm³/mol. The Morgan fingerprint density at radius 2 is 2.00 bits per heavy atom. The third-order valence-electron chi connectivity index (χ3n) is 4.34. The average Bonchev–Trinajstić information content (AvgIpc) is 3.13. The molecule has 2 aliphatic rings. The summed E-state index contributed by atoms with van der Waals surface area (Å²) >= 11 is 0. The highest BCUT2D eigenvalue weighted by molar-refractivity contribution is 5.95. The first kappa shape index (κ1) is 11.7. The second-order valence-electron chi connectivity index (χ2n) is 5.49. The summed E-state index contributed by atoms with van der Waals surface area (Å²) in [4.78, 5) is 12.2. The van der Waals surface area contributed by atoms with Crippen LogP contribution < -0.4 is 5.32 Å². The summed E-state index contributed by atoms with van der Waals surface area (Å²) in [6.45, 7) is 0.0123. The third-order valence-corrected chi connectivity index (χ3v) is 4.34. The molecular weight excluding hydrogens is 226 g/mol. The minimum Gasteiger partial charge on any atom is -0.392 e. The molecule has 0 aromatic heterocycles. The molecular formula is C15H19NO2. The second-order valence-corrected chi connectivity index (χ2v) is 5.49. The lowest BCUT2D eigenvalue weighted by Gasteiger charge is -2.06. The van der Waals surface area contributed by atoms with E-state index in [2.05, 4.69) is 5.32 Å². The van der Waals surface area contributed by atoms with E-state index < -0.39 is 0 Å². The van der Waals surface area contributed by atoms with Crippen LogP contribution in [0.5, 0.6) is 0 Å². The maximum atomic E-state index is 12.2. The largest absolute Gasteiger partial charge is 0.392 e. The molecule has 3 nitrogen and oxygen atoms in total. The van der Waals surface area contributed by atoms with Gasteiger partial charge in [-0.2, -0.15) is 0 Å². The van der Waals surface area contributed by atoms with E-state index in [0.717, 1.165) is 11.3 Å². The van der Waals surface area contributed by atoms with Gasteiger partial charge < -0.3 is 10.4 Å². The summed E-state index contributed by atoms with van der Waals surface area (Å²) < 4.78 is 0. The number of aliphatic hydroxyl groups is 1. The van der Waals surface area contributed by atoms with E-state index in [-0.39, 0.29) is 18.4 Å². The fourth-order valence-electron chi connectivity index (χ4n) is 3.35. The summed E-state index contributed by atoms with van der Waals surface area (Å²) in [5.74, 6) is 1.69. The number of fused-ring (bicyclic) bond motifs is 1. The van der Waals surface area contributed by atoms with Gasteiger partial charge in [-0.3, -0.25) is 4.79 Å². The van der Waals surface area contributed by atoms with Crippen molar-refractivity contribution < 1.29 is 9.90 Å². The molecule has 0 heterocycles. The molecule has 96 valence electrons. The summed E-state index contributed by atoms with van der Waals surface area (Å²) in [6.07, 6.45) is 5.01. The number of carbonyl (C=O) groups is 1. The fourth-order valence-corrected chi connectivity index (χ4v) is 3.35. The molecule has 2 saturated carbocycles. The normalized spacial score (nSPS) is 29.5. The number of amides is 1. The highest BCUT2D eigenvalue weighted by atomic mass is 16.3. The topological polar surface area (TPSA) is 49.3 Å². The second kappa shape index (κ2) is 4.73. The van der Waals surface area contributed by atoms with Gasteiger partial charge in [0, 0.05) is 11.6 Å². The molecule has 0 saturated heterocycles. The van der Waals surface area contributed by atoms with E-state index in [9.17, 15) is 4.79 Å². The highest BCUT2D eigenvalue weighted by Crippen LogP contribution is 2.55. The Morgan fingerprint density at radius 3 is 2.67 bits per heavy atom. The van der Waals surface area contributed by atoms with Gasteiger partial charge >= 0.3 is 0 Å². The molecule has 3 rings (SSSR count). The smallest absolute Gasteiger partial charge is 0.228 e. The number of nitrogens with one attached hydrogen (secondary N) is 1. The van der Waals surface area contributed by atoms with E-state index in [1.165, 1.54) is 25.7 Å². The van der Waals surface area contributed by atoms with Crippen LogP contribution in [0.3, 0.4) is 0 Å². The van der Waals surface area contributed by atoms with Gasteiger partial charge in [0.2, 0.25) is 5.91 Å². The van der Waals surface area contributed by atoms with Crippen molar-refractivity contribution in [2.45, 2.75) is 32.3 Å². The number of rotatable bonds is 3.